The molecule has 0 aliphatic rings. The highest BCUT2D eigenvalue weighted by atomic mass is 16.5. The predicted octanol–water partition coefficient (Wildman–Crippen LogP) is 1.81. The van der Waals surface area contributed by atoms with Crippen LogP contribution in [0.1, 0.15) is 0 Å². The first-order valence-electron chi connectivity index (χ1n) is 3.38. The van der Waals surface area contributed by atoms with E-state index in [9.17, 15) is 0 Å². The second kappa shape index (κ2) is 1.50. The van der Waals surface area contributed by atoms with E-state index in [4.69, 9.17) is 4.52 Å². The molecular weight excluding hydrogens is 140 g/mol. The van der Waals surface area contributed by atoms with Gasteiger partial charge in [-0.3, -0.25) is 0 Å². The number of nitrogens with zero attached hydrogens (tertiary/aromatic N) is 2. The minimum atomic E-state index is 0.619. The monoisotopic (exact) mass is 144 g/mol. The molecule has 2 aromatic heterocycles. The molecule has 3 nitrogen and oxygen atoms in total. The van der Waals surface area contributed by atoms with Gasteiger partial charge in [0.05, 0.1) is 0 Å². The number of aromatic nitrogens is 2. The first-order valence-corrected chi connectivity index (χ1v) is 3.38. The van der Waals surface area contributed by atoms with Crippen LogP contribution in [-0.2, 0) is 0 Å². The maximum atomic E-state index is 4.97. The SMILES string of the molecule is c1cc2cc(c1)c1nc2no1. The maximum Gasteiger partial charge on any atom is 0.258 e. The zero-order valence-corrected chi connectivity index (χ0v) is 5.61. The predicted molar refractivity (Wildman–Crippen MR) is 40.5 cm³/mol. The van der Waals surface area contributed by atoms with Crippen LogP contribution in [0.4, 0.5) is 0 Å². The third kappa shape index (κ3) is 0.526. The fourth-order valence-corrected chi connectivity index (χ4v) is 1.25. The summed E-state index contributed by atoms with van der Waals surface area (Å²) in [5, 5.41) is 5.83. The number of hydrogen-bond donors (Lipinski definition) is 0. The van der Waals surface area contributed by atoms with E-state index in [-0.39, 0.29) is 0 Å². The van der Waals surface area contributed by atoms with Gasteiger partial charge in [-0.2, -0.15) is 4.98 Å². The van der Waals surface area contributed by atoms with Crippen LogP contribution in [0.25, 0.3) is 22.1 Å². The fourth-order valence-electron chi connectivity index (χ4n) is 1.25. The number of fused-ring (bicyclic) bond motifs is 6. The molecule has 0 saturated heterocycles. The molecule has 3 rings (SSSR count). The Balaban J connectivity index is 2.82. The average Bonchev–Trinajstić information content (AvgIpc) is 2.48. The Morgan fingerprint density at radius 1 is 1.18 bits per heavy atom. The number of pyridine rings is 1. The fraction of sp³-hybridized carbons (Fsp3) is 0. The molecule has 11 heavy (non-hydrogen) atoms. The van der Waals surface area contributed by atoms with Crippen molar-refractivity contribution in [3.63, 3.8) is 0 Å². The van der Waals surface area contributed by atoms with E-state index in [1.165, 1.54) is 0 Å². The van der Waals surface area contributed by atoms with E-state index in [0.717, 1.165) is 10.8 Å². The third-order valence-corrected chi connectivity index (χ3v) is 1.79. The van der Waals surface area contributed by atoms with Gasteiger partial charge in [-0.1, -0.05) is 17.3 Å². The molecule has 0 radical (unpaired) electrons. The molecule has 0 spiro atoms. The molecule has 0 unspecified atom stereocenters. The Bertz CT molecular complexity index is 459. The first-order chi connectivity index (χ1) is 5.43. The molecule has 0 saturated carbocycles. The van der Waals surface area contributed by atoms with Crippen molar-refractivity contribution < 1.29 is 4.52 Å². The molecule has 52 valence electrons. The minimum Gasteiger partial charge on any atom is -0.334 e. The minimum absolute atomic E-state index is 0.619. The van der Waals surface area contributed by atoms with Crippen LogP contribution in [0, 0.1) is 0 Å². The standard InChI is InChI=1S/C8H4N2O/c1-2-5-4-6(3-1)8-9-7(5)10-11-8/h1-4H. The van der Waals surface area contributed by atoms with Crippen LogP contribution in [0.5, 0.6) is 0 Å². The molecule has 4 bridgehead atoms. The highest BCUT2D eigenvalue weighted by molar-refractivity contribution is 5.89. The molecule has 0 aliphatic heterocycles. The van der Waals surface area contributed by atoms with E-state index in [2.05, 4.69) is 10.1 Å². The topological polar surface area (TPSA) is 38.9 Å². The lowest BCUT2D eigenvalue weighted by atomic mass is 10.2. The Labute approximate surface area is 62.0 Å². The molecule has 1 aromatic carbocycles. The molecule has 3 heteroatoms. The van der Waals surface area contributed by atoms with Crippen molar-refractivity contribution in [3.05, 3.63) is 24.3 Å². The summed E-state index contributed by atoms with van der Waals surface area (Å²) in [6.07, 6.45) is 0. The summed E-state index contributed by atoms with van der Waals surface area (Å²) in [6, 6.07) is 7.93. The van der Waals surface area contributed by atoms with Gasteiger partial charge >= 0.3 is 0 Å². The van der Waals surface area contributed by atoms with Crippen molar-refractivity contribution in [1.82, 2.24) is 10.1 Å². The van der Waals surface area contributed by atoms with Crippen molar-refractivity contribution in [1.29, 1.82) is 0 Å². The van der Waals surface area contributed by atoms with Crippen LogP contribution in [-0.4, -0.2) is 10.1 Å². The van der Waals surface area contributed by atoms with Gasteiger partial charge < -0.3 is 4.52 Å². The van der Waals surface area contributed by atoms with E-state index in [1.807, 2.05) is 24.3 Å². The molecule has 0 amide bonds. The molecule has 0 fully saturated rings. The highest BCUT2D eigenvalue weighted by Gasteiger charge is 2.04. The van der Waals surface area contributed by atoms with Gasteiger partial charge in [0.25, 0.3) is 5.71 Å². The average molecular weight is 144 g/mol. The lowest BCUT2D eigenvalue weighted by Gasteiger charge is -1.90. The Hall–Kier alpha value is -1.64. The molecule has 0 atom stereocenters. The Morgan fingerprint density at radius 2 is 2.09 bits per heavy atom. The van der Waals surface area contributed by atoms with Crippen molar-refractivity contribution in [2.45, 2.75) is 0 Å². The summed E-state index contributed by atoms with van der Waals surface area (Å²) in [5.41, 5.74) is 1.31. The second-order valence-corrected chi connectivity index (χ2v) is 2.50. The largest absolute Gasteiger partial charge is 0.334 e. The van der Waals surface area contributed by atoms with Gasteiger partial charge in [-0.15, -0.1) is 0 Å². The normalized spacial score (nSPS) is 11.6. The first kappa shape index (κ1) is 5.07. The number of benzene rings is 1. The molecular formula is C8H4N2O. The number of rotatable bonds is 0. The summed E-state index contributed by atoms with van der Waals surface area (Å²) in [5.74, 6) is 0. The van der Waals surface area contributed by atoms with Crippen LogP contribution < -0.4 is 0 Å². The maximum absolute atomic E-state index is 4.97. The Kier molecular flexibility index (Phi) is 0.692. The van der Waals surface area contributed by atoms with Crippen molar-refractivity contribution in [2.75, 3.05) is 0 Å². The van der Waals surface area contributed by atoms with Crippen molar-refractivity contribution >= 4 is 22.1 Å². The van der Waals surface area contributed by atoms with Crippen molar-refractivity contribution in [3.8, 4) is 0 Å². The van der Waals surface area contributed by atoms with Gasteiger partial charge in [0.15, 0.2) is 0 Å². The summed E-state index contributed by atoms with van der Waals surface area (Å²) >= 11 is 0. The third-order valence-electron chi connectivity index (χ3n) is 1.79. The molecule has 2 heterocycles. The van der Waals surface area contributed by atoms with Gasteiger partial charge in [-0.25, -0.2) is 0 Å². The summed E-state index contributed by atoms with van der Waals surface area (Å²) in [6.45, 7) is 0. The van der Waals surface area contributed by atoms with Crippen LogP contribution in [0.3, 0.4) is 0 Å². The summed E-state index contributed by atoms with van der Waals surface area (Å²) in [7, 11) is 0. The van der Waals surface area contributed by atoms with Gasteiger partial charge in [0.1, 0.15) is 0 Å². The zero-order valence-electron chi connectivity index (χ0n) is 5.61. The summed E-state index contributed by atoms with van der Waals surface area (Å²) < 4.78 is 4.97. The van der Waals surface area contributed by atoms with Gasteiger partial charge in [0, 0.05) is 10.8 Å². The van der Waals surface area contributed by atoms with Crippen LogP contribution in [0.2, 0.25) is 0 Å². The van der Waals surface area contributed by atoms with Crippen LogP contribution in [0.15, 0.2) is 28.8 Å². The number of hydrogen-bond acceptors (Lipinski definition) is 3. The smallest absolute Gasteiger partial charge is 0.258 e. The lowest BCUT2D eigenvalue weighted by molar-refractivity contribution is 0.466. The van der Waals surface area contributed by atoms with E-state index in [0.29, 0.717) is 11.4 Å². The zero-order chi connectivity index (χ0) is 7.26. The summed E-state index contributed by atoms with van der Waals surface area (Å²) in [4.78, 5) is 4.13. The van der Waals surface area contributed by atoms with Gasteiger partial charge in [-0.05, 0) is 12.1 Å². The quantitative estimate of drug-likeness (QED) is 0.483. The van der Waals surface area contributed by atoms with Gasteiger partial charge in [0.2, 0.25) is 5.65 Å². The molecule has 0 N–H and O–H groups in total. The van der Waals surface area contributed by atoms with E-state index >= 15 is 0 Å². The molecule has 0 aliphatic carbocycles. The van der Waals surface area contributed by atoms with E-state index < -0.39 is 0 Å². The van der Waals surface area contributed by atoms with Crippen LogP contribution >= 0.6 is 0 Å². The molecule has 3 aromatic rings. The lowest BCUT2D eigenvalue weighted by Crippen LogP contribution is -1.75. The Morgan fingerprint density at radius 3 is 3.09 bits per heavy atom. The van der Waals surface area contributed by atoms with Crippen molar-refractivity contribution in [2.24, 2.45) is 0 Å². The highest BCUT2D eigenvalue weighted by Crippen LogP contribution is 2.19. The second-order valence-electron chi connectivity index (χ2n) is 2.50. The van der Waals surface area contributed by atoms with E-state index in [1.54, 1.807) is 0 Å².